The first kappa shape index (κ1) is 31.9. The van der Waals surface area contributed by atoms with Crippen LogP contribution in [0.15, 0.2) is 18.4 Å². The molecular formula is C19H28I3N3O9. The van der Waals surface area contributed by atoms with Crippen molar-refractivity contribution in [2.45, 2.75) is 35.1 Å². The van der Waals surface area contributed by atoms with Crippen molar-refractivity contribution >= 4 is 85.5 Å². The van der Waals surface area contributed by atoms with E-state index in [9.17, 15) is 34.8 Å². The topological polar surface area (TPSA) is 200 Å². The van der Waals surface area contributed by atoms with Crippen molar-refractivity contribution in [2.24, 2.45) is 0 Å². The average molecular weight is 823 g/mol. The van der Waals surface area contributed by atoms with Crippen molar-refractivity contribution in [3.63, 3.8) is 0 Å². The molecule has 0 spiro atoms. The summed E-state index contributed by atoms with van der Waals surface area (Å²) >= 11 is 5.60. The van der Waals surface area contributed by atoms with E-state index in [2.05, 4.69) is 10.6 Å². The maximum absolute atomic E-state index is 13.2. The van der Waals surface area contributed by atoms with Crippen LogP contribution < -0.4 is 10.6 Å². The van der Waals surface area contributed by atoms with Gasteiger partial charge < -0.3 is 46.2 Å². The minimum absolute atomic E-state index is 0.107. The van der Waals surface area contributed by atoms with Crippen molar-refractivity contribution < 1.29 is 45.0 Å². The third kappa shape index (κ3) is 8.18. The number of aliphatic hydroxyl groups excluding tert-OH is 6. The molecule has 4 atom stereocenters. The first-order chi connectivity index (χ1) is 15.8. The Morgan fingerprint density at radius 2 is 1.47 bits per heavy atom. The molecule has 1 rings (SSSR count). The summed E-state index contributed by atoms with van der Waals surface area (Å²) in [5.74, 6) is -1.72. The fraction of sp³-hybridized carbons (Fsp3) is 0.632. The molecular weight excluding hydrogens is 795 g/mol. The number of carbonyl (C=O) groups excluding carboxylic acids is 3. The molecule has 0 fully saturated rings. The second kappa shape index (κ2) is 14.5. The molecule has 0 saturated heterocycles. The zero-order chi connectivity index (χ0) is 26.2. The summed E-state index contributed by atoms with van der Waals surface area (Å²) in [6, 6.07) is 0. The highest BCUT2D eigenvalue weighted by molar-refractivity contribution is 14.1. The van der Waals surface area contributed by atoms with E-state index in [-0.39, 0.29) is 37.3 Å². The average Bonchev–Trinajstić information content (AvgIpc) is 2.81. The molecule has 0 heterocycles. The first-order valence-electron chi connectivity index (χ1n) is 10.0. The Morgan fingerprint density at radius 3 is 1.94 bits per heavy atom. The summed E-state index contributed by atoms with van der Waals surface area (Å²) in [6.07, 6.45) is -3.77. The highest BCUT2D eigenvalue weighted by atomic mass is 127. The molecule has 4 unspecified atom stereocenters. The van der Waals surface area contributed by atoms with Gasteiger partial charge in [-0.1, -0.05) is 22.6 Å². The van der Waals surface area contributed by atoms with Gasteiger partial charge in [0.25, 0.3) is 0 Å². The van der Waals surface area contributed by atoms with Gasteiger partial charge in [-0.25, -0.2) is 0 Å². The summed E-state index contributed by atoms with van der Waals surface area (Å²) < 4.78 is -0.704. The van der Waals surface area contributed by atoms with E-state index in [1.807, 2.05) is 67.8 Å². The largest absolute Gasteiger partial charge is 0.394 e. The predicted molar refractivity (Wildman–Crippen MR) is 146 cm³/mol. The highest BCUT2D eigenvalue weighted by Gasteiger charge is 2.47. The van der Waals surface area contributed by atoms with Crippen LogP contribution in [0.5, 0.6) is 0 Å². The monoisotopic (exact) mass is 823 g/mol. The summed E-state index contributed by atoms with van der Waals surface area (Å²) in [5.41, 5.74) is 0.325. The van der Waals surface area contributed by atoms with E-state index in [0.29, 0.717) is 7.16 Å². The molecule has 0 aromatic rings. The van der Waals surface area contributed by atoms with Gasteiger partial charge in [0.2, 0.25) is 17.7 Å². The molecule has 12 nitrogen and oxygen atoms in total. The minimum atomic E-state index is -1.41. The molecule has 1 aliphatic carbocycles. The van der Waals surface area contributed by atoms with E-state index in [4.69, 9.17) is 10.2 Å². The fourth-order valence-corrected chi connectivity index (χ4v) is 6.20. The van der Waals surface area contributed by atoms with Crippen molar-refractivity contribution in [1.29, 1.82) is 0 Å². The number of allylic oxidation sites excluding steroid dienone is 1. The van der Waals surface area contributed by atoms with Gasteiger partial charge >= 0.3 is 0 Å². The number of rotatable bonds is 12. The molecule has 15 heteroatoms. The van der Waals surface area contributed by atoms with Crippen LogP contribution in [-0.2, 0) is 14.4 Å². The van der Waals surface area contributed by atoms with Crippen LogP contribution in [0.4, 0.5) is 0 Å². The van der Waals surface area contributed by atoms with Crippen molar-refractivity contribution in [3.05, 3.63) is 18.4 Å². The first-order valence-corrected chi connectivity index (χ1v) is 13.3. The summed E-state index contributed by atoms with van der Waals surface area (Å²) in [4.78, 5) is 39.8. The molecule has 0 aromatic carbocycles. The second-order valence-electron chi connectivity index (χ2n) is 7.49. The Hall–Kier alpha value is -0.160. The Labute approximate surface area is 237 Å². The SMILES string of the molecule is CC(=O)N(CC(O)CO)C1=C(I)C(I)(C(=O)NCC(O)CO)CC(C(=O)NCC(O)CO)=C1I. The molecule has 194 valence electrons. The van der Waals surface area contributed by atoms with Gasteiger partial charge in [0, 0.05) is 39.2 Å². The fourth-order valence-electron chi connectivity index (χ4n) is 2.87. The van der Waals surface area contributed by atoms with Crippen molar-refractivity contribution in [3.8, 4) is 0 Å². The Bertz CT molecular complexity index is 839. The summed E-state index contributed by atoms with van der Waals surface area (Å²) in [7, 11) is 0. The van der Waals surface area contributed by atoms with E-state index >= 15 is 0 Å². The molecule has 34 heavy (non-hydrogen) atoms. The number of alkyl halides is 1. The van der Waals surface area contributed by atoms with Crippen LogP contribution in [0.1, 0.15) is 13.3 Å². The van der Waals surface area contributed by atoms with E-state index in [1.54, 1.807) is 0 Å². The Morgan fingerprint density at radius 1 is 0.971 bits per heavy atom. The smallest absolute Gasteiger partial charge is 0.248 e. The number of amides is 3. The molecule has 0 saturated carbocycles. The second-order valence-corrected chi connectivity index (χ2v) is 11.5. The minimum Gasteiger partial charge on any atom is -0.394 e. The van der Waals surface area contributed by atoms with Crippen LogP contribution in [0, 0.1) is 0 Å². The van der Waals surface area contributed by atoms with Crippen LogP contribution in [0.25, 0.3) is 0 Å². The van der Waals surface area contributed by atoms with Crippen LogP contribution in [-0.4, -0.2) is 114 Å². The highest BCUT2D eigenvalue weighted by Crippen LogP contribution is 2.49. The molecule has 3 amide bonds. The van der Waals surface area contributed by atoms with Gasteiger partial charge in [0.1, 0.15) is 3.42 Å². The Kier molecular flexibility index (Phi) is 13.6. The van der Waals surface area contributed by atoms with Gasteiger partial charge in [-0.2, -0.15) is 0 Å². The van der Waals surface area contributed by atoms with E-state index < -0.39 is 59.3 Å². The summed E-state index contributed by atoms with van der Waals surface area (Å²) in [6.45, 7) is -1.30. The van der Waals surface area contributed by atoms with Gasteiger partial charge in [-0.05, 0) is 45.2 Å². The zero-order valence-corrected chi connectivity index (χ0v) is 24.6. The molecule has 8 N–H and O–H groups in total. The number of aliphatic hydroxyl groups is 6. The lowest BCUT2D eigenvalue weighted by atomic mass is 9.90. The van der Waals surface area contributed by atoms with Crippen molar-refractivity contribution in [1.82, 2.24) is 15.5 Å². The van der Waals surface area contributed by atoms with E-state index in [1.165, 1.54) is 11.8 Å². The maximum Gasteiger partial charge on any atom is 0.248 e. The number of nitrogens with zero attached hydrogens (tertiary/aromatic N) is 1. The Balaban J connectivity index is 3.56. The summed E-state index contributed by atoms with van der Waals surface area (Å²) in [5, 5.41) is 61.5. The van der Waals surface area contributed by atoms with Gasteiger partial charge in [0.15, 0.2) is 0 Å². The molecule has 0 bridgehead atoms. The van der Waals surface area contributed by atoms with Gasteiger partial charge in [-0.15, -0.1) is 0 Å². The lowest BCUT2D eigenvalue weighted by molar-refractivity contribution is -0.128. The number of hydrogen-bond donors (Lipinski definition) is 8. The third-order valence-corrected chi connectivity index (χ3v) is 9.79. The normalized spacial score (nSPS) is 21.1. The number of halogens is 3. The van der Waals surface area contributed by atoms with Gasteiger partial charge in [-0.3, -0.25) is 14.4 Å². The molecule has 0 aromatic heterocycles. The van der Waals surface area contributed by atoms with Crippen LogP contribution in [0.3, 0.4) is 0 Å². The molecule has 1 aliphatic rings. The molecule has 0 radical (unpaired) electrons. The lowest BCUT2D eigenvalue weighted by Crippen LogP contribution is -2.50. The molecule has 0 aliphatic heterocycles. The van der Waals surface area contributed by atoms with E-state index in [0.717, 1.165) is 0 Å². The zero-order valence-electron chi connectivity index (χ0n) is 18.2. The lowest BCUT2D eigenvalue weighted by Gasteiger charge is -2.38. The van der Waals surface area contributed by atoms with Crippen LogP contribution in [0.2, 0.25) is 0 Å². The third-order valence-electron chi connectivity index (χ3n) is 4.76. The predicted octanol–water partition coefficient (Wildman–Crippen LogP) is -1.96. The number of hydrogen-bond acceptors (Lipinski definition) is 9. The van der Waals surface area contributed by atoms with Crippen LogP contribution >= 0.6 is 67.8 Å². The number of carbonyl (C=O) groups is 3. The maximum atomic E-state index is 13.2. The number of nitrogens with one attached hydrogen (secondary N) is 2. The van der Waals surface area contributed by atoms with Gasteiger partial charge in [0.05, 0.1) is 50.4 Å². The van der Waals surface area contributed by atoms with Crippen molar-refractivity contribution in [2.75, 3.05) is 39.5 Å². The standard InChI is InChI=1S/C19H28I3N3O9/c1-9(29)25(5-12(32)8-28)15-14(20)13(17(33)23-3-10(30)6-26)2-19(22,16(15)21)18(34)24-4-11(31)7-27/h10-12,26-28,30-32H,2-8H2,1H3,(H,23,33)(H,24,34). The quantitative estimate of drug-likeness (QED) is 0.0814.